The van der Waals surface area contributed by atoms with Crippen LogP contribution in [0.2, 0.25) is 0 Å². The highest BCUT2D eigenvalue weighted by Gasteiger charge is 2.26. The van der Waals surface area contributed by atoms with E-state index in [0.29, 0.717) is 25.4 Å². The number of hydrogen-bond acceptors (Lipinski definition) is 7. The normalized spacial score (nSPS) is 19.6. The van der Waals surface area contributed by atoms with Gasteiger partial charge in [0.1, 0.15) is 5.69 Å². The summed E-state index contributed by atoms with van der Waals surface area (Å²) in [7, 11) is 0. The molecule has 9 heteroatoms. The zero-order chi connectivity index (χ0) is 15.4. The molecule has 0 amide bonds. The molecule has 1 aromatic carbocycles. The Bertz CT molecular complexity index is 563. The SMILES string of the molecule is N/C(=N/O)c1ccc(N2CCOC(CO)C2)c([N+](=O)[O-])c1. The van der Waals surface area contributed by atoms with Crippen LogP contribution in [0.4, 0.5) is 11.4 Å². The number of anilines is 1. The Labute approximate surface area is 120 Å². The summed E-state index contributed by atoms with van der Waals surface area (Å²) in [5, 5.41) is 31.8. The number of amidine groups is 1. The first-order valence-corrected chi connectivity index (χ1v) is 6.30. The summed E-state index contributed by atoms with van der Waals surface area (Å²) in [6, 6.07) is 4.35. The average Bonchev–Trinajstić information content (AvgIpc) is 2.53. The van der Waals surface area contributed by atoms with Gasteiger partial charge in [0.25, 0.3) is 5.69 Å². The molecular weight excluding hydrogens is 280 g/mol. The number of hydrogen-bond donors (Lipinski definition) is 3. The molecule has 1 saturated heterocycles. The number of aliphatic hydroxyl groups is 1. The van der Waals surface area contributed by atoms with E-state index in [-0.39, 0.29) is 29.8 Å². The molecule has 0 bridgehead atoms. The van der Waals surface area contributed by atoms with Crippen LogP contribution in [0.3, 0.4) is 0 Å². The molecule has 1 aromatic rings. The monoisotopic (exact) mass is 296 g/mol. The first-order valence-electron chi connectivity index (χ1n) is 6.30. The van der Waals surface area contributed by atoms with Crippen LogP contribution < -0.4 is 10.6 Å². The molecule has 1 unspecified atom stereocenters. The molecule has 0 aromatic heterocycles. The summed E-state index contributed by atoms with van der Waals surface area (Å²) < 4.78 is 5.32. The summed E-state index contributed by atoms with van der Waals surface area (Å²) in [5.74, 6) is -0.195. The largest absolute Gasteiger partial charge is 0.409 e. The highest BCUT2D eigenvalue weighted by Crippen LogP contribution is 2.30. The first kappa shape index (κ1) is 15.0. The zero-order valence-corrected chi connectivity index (χ0v) is 11.2. The van der Waals surface area contributed by atoms with E-state index in [4.69, 9.17) is 20.8 Å². The van der Waals surface area contributed by atoms with Gasteiger partial charge in [0.05, 0.1) is 24.2 Å². The van der Waals surface area contributed by atoms with Crippen LogP contribution in [0.1, 0.15) is 5.56 Å². The van der Waals surface area contributed by atoms with Crippen molar-refractivity contribution in [3.8, 4) is 0 Å². The molecule has 1 heterocycles. The molecule has 0 aliphatic carbocycles. The first-order chi connectivity index (χ1) is 10.1. The second kappa shape index (κ2) is 6.37. The number of nitrogens with zero attached hydrogens (tertiary/aromatic N) is 3. The van der Waals surface area contributed by atoms with Gasteiger partial charge in [0.15, 0.2) is 5.84 Å². The summed E-state index contributed by atoms with van der Waals surface area (Å²) in [4.78, 5) is 12.5. The van der Waals surface area contributed by atoms with Gasteiger partial charge in [-0.15, -0.1) is 0 Å². The van der Waals surface area contributed by atoms with Gasteiger partial charge in [-0.1, -0.05) is 5.16 Å². The predicted molar refractivity (Wildman–Crippen MR) is 74.6 cm³/mol. The molecule has 0 radical (unpaired) electrons. The summed E-state index contributed by atoms with van der Waals surface area (Å²) >= 11 is 0. The van der Waals surface area contributed by atoms with E-state index in [0.717, 1.165) is 0 Å². The Kier molecular flexibility index (Phi) is 4.55. The maximum absolute atomic E-state index is 11.2. The number of ether oxygens (including phenoxy) is 1. The van der Waals surface area contributed by atoms with Crippen molar-refractivity contribution in [2.24, 2.45) is 10.9 Å². The standard InChI is InChI=1S/C12H16N4O5/c13-12(14-18)8-1-2-10(11(5-8)16(19)20)15-3-4-21-9(6-15)7-17/h1-2,5,9,17-18H,3-4,6-7H2,(H2,13,14). The fourth-order valence-electron chi connectivity index (χ4n) is 2.20. The van der Waals surface area contributed by atoms with Crippen molar-refractivity contribution in [2.45, 2.75) is 6.10 Å². The van der Waals surface area contributed by atoms with Crippen LogP contribution in [0.25, 0.3) is 0 Å². The number of aliphatic hydroxyl groups excluding tert-OH is 1. The molecule has 4 N–H and O–H groups in total. The molecule has 1 atom stereocenters. The van der Waals surface area contributed by atoms with Crippen molar-refractivity contribution < 1.29 is 20.0 Å². The average molecular weight is 296 g/mol. The molecule has 1 fully saturated rings. The molecule has 0 saturated carbocycles. The third kappa shape index (κ3) is 3.20. The van der Waals surface area contributed by atoms with Gasteiger partial charge < -0.3 is 25.7 Å². The second-order valence-corrected chi connectivity index (χ2v) is 4.57. The van der Waals surface area contributed by atoms with Gasteiger partial charge >= 0.3 is 0 Å². The lowest BCUT2D eigenvalue weighted by atomic mass is 10.1. The molecule has 1 aliphatic rings. The van der Waals surface area contributed by atoms with Gasteiger partial charge in [0.2, 0.25) is 0 Å². The van der Waals surface area contributed by atoms with E-state index in [1.807, 2.05) is 0 Å². The van der Waals surface area contributed by atoms with Crippen LogP contribution in [0.5, 0.6) is 0 Å². The number of oxime groups is 1. The van der Waals surface area contributed by atoms with E-state index in [9.17, 15) is 10.1 Å². The maximum Gasteiger partial charge on any atom is 0.293 e. The van der Waals surface area contributed by atoms with Gasteiger partial charge in [-0.25, -0.2) is 0 Å². The Hall–Kier alpha value is -2.39. The minimum atomic E-state index is -0.521. The predicted octanol–water partition coefficient (Wildman–Crippen LogP) is -0.113. The van der Waals surface area contributed by atoms with E-state index in [1.54, 1.807) is 17.0 Å². The molecular formula is C12H16N4O5. The van der Waals surface area contributed by atoms with E-state index >= 15 is 0 Å². The van der Waals surface area contributed by atoms with Gasteiger partial charge in [0, 0.05) is 24.7 Å². The molecule has 9 nitrogen and oxygen atoms in total. The van der Waals surface area contributed by atoms with Crippen LogP contribution in [-0.2, 0) is 4.74 Å². The van der Waals surface area contributed by atoms with Crippen molar-refractivity contribution in [1.82, 2.24) is 0 Å². The van der Waals surface area contributed by atoms with E-state index in [1.165, 1.54) is 6.07 Å². The highest BCUT2D eigenvalue weighted by atomic mass is 16.6. The molecule has 1 aliphatic heterocycles. The quantitative estimate of drug-likeness (QED) is 0.232. The number of nitrogens with two attached hydrogens (primary N) is 1. The second-order valence-electron chi connectivity index (χ2n) is 4.57. The summed E-state index contributed by atoms with van der Waals surface area (Å²) in [6.07, 6.45) is -0.373. The van der Waals surface area contributed by atoms with Gasteiger partial charge in [-0.3, -0.25) is 10.1 Å². The molecule has 114 valence electrons. The van der Waals surface area contributed by atoms with E-state index < -0.39 is 4.92 Å². The lowest BCUT2D eigenvalue weighted by Gasteiger charge is -2.33. The van der Waals surface area contributed by atoms with E-state index in [2.05, 4.69) is 5.16 Å². The Morgan fingerprint density at radius 2 is 2.38 bits per heavy atom. The fraction of sp³-hybridized carbons (Fsp3) is 0.417. The lowest BCUT2D eigenvalue weighted by molar-refractivity contribution is -0.384. The molecule has 2 rings (SSSR count). The Morgan fingerprint density at radius 1 is 1.62 bits per heavy atom. The summed E-state index contributed by atoms with van der Waals surface area (Å²) in [5.41, 5.74) is 5.98. The van der Waals surface area contributed by atoms with Gasteiger partial charge in [-0.05, 0) is 12.1 Å². The van der Waals surface area contributed by atoms with Crippen molar-refractivity contribution in [3.05, 3.63) is 33.9 Å². The topological polar surface area (TPSA) is 134 Å². The number of rotatable bonds is 4. The van der Waals surface area contributed by atoms with Crippen LogP contribution in [-0.4, -0.2) is 53.5 Å². The van der Waals surface area contributed by atoms with Crippen LogP contribution in [0.15, 0.2) is 23.4 Å². The number of nitro groups is 1. The zero-order valence-electron chi connectivity index (χ0n) is 11.2. The van der Waals surface area contributed by atoms with Crippen LogP contribution >= 0.6 is 0 Å². The number of benzene rings is 1. The molecule has 0 spiro atoms. The number of nitro benzene ring substituents is 1. The van der Waals surface area contributed by atoms with Crippen molar-refractivity contribution in [1.29, 1.82) is 0 Å². The van der Waals surface area contributed by atoms with Crippen molar-refractivity contribution in [3.63, 3.8) is 0 Å². The third-order valence-corrected chi connectivity index (χ3v) is 3.26. The van der Waals surface area contributed by atoms with Crippen molar-refractivity contribution >= 4 is 17.2 Å². The minimum Gasteiger partial charge on any atom is -0.409 e. The summed E-state index contributed by atoms with van der Waals surface area (Å²) in [6.45, 7) is 1.08. The van der Waals surface area contributed by atoms with Crippen molar-refractivity contribution in [2.75, 3.05) is 31.2 Å². The number of morpholine rings is 1. The van der Waals surface area contributed by atoms with Gasteiger partial charge in [-0.2, -0.15) is 0 Å². The maximum atomic E-state index is 11.2. The Balaban J connectivity index is 2.36. The van der Waals surface area contributed by atoms with Crippen LogP contribution in [0, 0.1) is 10.1 Å². The lowest BCUT2D eigenvalue weighted by Crippen LogP contribution is -2.44. The minimum absolute atomic E-state index is 0.141. The smallest absolute Gasteiger partial charge is 0.293 e. The fourth-order valence-corrected chi connectivity index (χ4v) is 2.20. The molecule has 21 heavy (non-hydrogen) atoms. The third-order valence-electron chi connectivity index (χ3n) is 3.26. The Morgan fingerprint density at radius 3 is 3.00 bits per heavy atom. The highest BCUT2D eigenvalue weighted by molar-refractivity contribution is 5.98.